The van der Waals surface area contributed by atoms with Gasteiger partial charge in [-0.25, -0.2) is 4.90 Å². The SMILES string of the molecule is CC1=CC(O)C2C(=O)N(c3ccccc3)C(=O)C2C1. The van der Waals surface area contributed by atoms with Crippen LogP contribution in [0.1, 0.15) is 13.3 Å². The molecule has 3 rings (SSSR count). The van der Waals surface area contributed by atoms with E-state index in [0.717, 1.165) is 5.57 Å². The molecular weight excluding hydrogens is 242 g/mol. The molecule has 1 N–H and O–H groups in total. The highest BCUT2D eigenvalue weighted by Gasteiger charge is 2.52. The fraction of sp³-hybridized carbons (Fsp3) is 0.333. The molecular formula is C15H15NO3. The van der Waals surface area contributed by atoms with Crippen LogP contribution < -0.4 is 4.90 Å². The van der Waals surface area contributed by atoms with E-state index < -0.39 is 17.9 Å². The highest BCUT2D eigenvalue weighted by molar-refractivity contribution is 6.22. The zero-order chi connectivity index (χ0) is 13.6. The molecule has 1 heterocycles. The molecule has 19 heavy (non-hydrogen) atoms. The first-order chi connectivity index (χ1) is 9.09. The van der Waals surface area contributed by atoms with E-state index in [2.05, 4.69) is 0 Å². The van der Waals surface area contributed by atoms with Gasteiger partial charge in [0.2, 0.25) is 11.8 Å². The number of aliphatic hydroxyl groups is 1. The Hall–Kier alpha value is -1.94. The van der Waals surface area contributed by atoms with Crippen LogP contribution in [0, 0.1) is 11.8 Å². The predicted molar refractivity (Wildman–Crippen MR) is 70.3 cm³/mol. The molecule has 0 radical (unpaired) electrons. The zero-order valence-electron chi connectivity index (χ0n) is 10.6. The average Bonchev–Trinajstić information content (AvgIpc) is 2.62. The molecule has 1 aliphatic heterocycles. The number of fused-ring (bicyclic) bond motifs is 1. The lowest BCUT2D eigenvalue weighted by Gasteiger charge is -2.24. The molecule has 4 heteroatoms. The van der Waals surface area contributed by atoms with Gasteiger partial charge in [0.25, 0.3) is 0 Å². The van der Waals surface area contributed by atoms with E-state index in [-0.39, 0.29) is 11.8 Å². The highest BCUT2D eigenvalue weighted by Crippen LogP contribution is 2.39. The quantitative estimate of drug-likeness (QED) is 0.612. The molecule has 0 aromatic heterocycles. The average molecular weight is 257 g/mol. The van der Waals surface area contributed by atoms with Crippen LogP contribution in [0.25, 0.3) is 0 Å². The summed E-state index contributed by atoms with van der Waals surface area (Å²) in [5, 5.41) is 10.0. The Labute approximate surface area is 111 Å². The second-order valence-electron chi connectivity index (χ2n) is 5.19. The number of para-hydroxylation sites is 1. The minimum absolute atomic E-state index is 0.201. The number of hydrogen-bond donors (Lipinski definition) is 1. The molecule has 3 atom stereocenters. The van der Waals surface area contributed by atoms with Gasteiger partial charge in [0.15, 0.2) is 0 Å². The van der Waals surface area contributed by atoms with Gasteiger partial charge in [0.05, 0.1) is 23.6 Å². The van der Waals surface area contributed by atoms with E-state index >= 15 is 0 Å². The summed E-state index contributed by atoms with van der Waals surface area (Å²) in [5.41, 5.74) is 1.54. The summed E-state index contributed by atoms with van der Waals surface area (Å²) in [7, 11) is 0. The number of anilines is 1. The third-order valence-corrected chi connectivity index (χ3v) is 3.86. The van der Waals surface area contributed by atoms with Crippen molar-refractivity contribution >= 4 is 17.5 Å². The van der Waals surface area contributed by atoms with Crippen LogP contribution in [0.3, 0.4) is 0 Å². The summed E-state index contributed by atoms with van der Waals surface area (Å²) in [4.78, 5) is 26.0. The number of hydrogen-bond acceptors (Lipinski definition) is 3. The largest absolute Gasteiger partial charge is 0.388 e. The fourth-order valence-corrected chi connectivity index (χ4v) is 2.99. The van der Waals surface area contributed by atoms with Crippen molar-refractivity contribution in [3.63, 3.8) is 0 Å². The van der Waals surface area contributed by atoms with E-state index in [1.807, 2.05) is 13.0 Å². The first kappa shape index (κ1) is 12.1. The lowest BCUT2D eigenvalue weighted by Crippen LogP contribution is -2.34. The number of amides is 2. The molecule has 1 fully saturated rings. The van der Waals surface area contributed by atoms with Gasteiger partial charge in [-0.3, -0.25) is 9.59 Å². The van der Waals surface area contributed by atoms with E-state index in [9.17, 15) is 14.7 Å². The van der Waals surface area contributed by atoms with Crippen molar-refractivity contribution < 1.29 is 14.7 Å². The Morgan fingerprint density at radius 2 is 1.84 bits per heavy atom. The van der Waals surface area contributed by atoms with Crippen molar-refractivity contribution in [2.24, 2.45) is 11.8 Å². The van der Waals surface area contributed by atoms with Crippen LogP contribution >= 0.6 is 0 Å². The molecule has 2 amide bonds. The molecule has 98 valence electrons. The standard InChI is InChI=1S/C15H15NO3/c1-9-7-11-13(12(17)8-9)15(19)16(14(11)18)10-5-3-2-4-6-10/h2-6,8,11-13,17H,7H2,1H3. The molecule has 0 bridgehead atoms. The first-order valence-electron chi connectivity index (χ1n) is 6.38. The fourth-order valence-electron chi connectivity index (χ4n) is 2.99. The van der Waals surface area contributed by atoms with Crippen molar-refractivity contribution in [2.75, 3.05) is 4.90 Å². The Morgan fingerprint density at radius 1 is 1.16 bits per heavy atom. The third kappa shape index (κ3) is 1.79. The Morgan fingerprint density at radius 3 is 2.53 bits per heavy atom. The van der Waals surface area contributed by atoms with Crippen molar-refractivity contribution in [3.05, 3.63) is 42.0 Å². The summed E-state index contributed by atoms with van der Waals surface area (Å²) in [6, 6.07) is 8.89. The minimum atomic E-state index is -0.857. The molecule has 1 aromatic rings. The maximum absolute atomic E-state index is 12.4. The summed E-state index contributed by atoms with van der Waals surface area (Å²) in [6.07, 6.45) is 1.38. The van der Waals surface area contributed by atoms with Crippen LogP contribution in [-0.4, -0.2) is 23.0 Å². The molecule has 0 saturated carbocycles. The van der Waals surface area contributed by atoms with E-state index in [4.69, 9.17) is 0 Å². The van der Waals surface area contributed by atoms with Gasteiger partial charge in [-0.15, -0.1) is 0 Å². The normalized spacial score (nSPS) is 30.3. The van der Waals surface area contributed by atoms with Crippen LogP contribution in [-0.2, 0) is 9.59 Å². The number of carbonyl (C=O) groups is 2. The lowest BCUT2D eigenvalue weighted by atomic mass is 9.80. The summed E-state index contributed by atoms with van der Waals surface area (Å²) >= 11 is 0. The summed E-state index contributed by atoms with van der Waals surface area (Å²) in [6.45, 7) is 1.88. The second-order valence-corrected chi connectivity index (χ2v) is 5.19. The molecule has 1 aliphatic carbocycles. The highest BCUT2D eigenvalue weighted by atomic mass is 16.3. The number of nitrogens with zero attached hydrogens (tertiary/aromatic N) is 1. The van der Waals surface area contributed by atoms with Crippen molar-refractivity contribution in [1.29, 1.82) is 0 Å². The van der Waals surface area contributed by atoms with Crippen LogP contribution in [0.15, 0.2) is 42.0 Å². The number of carbonyl (C=O) groups excluding carboxylic acids is 2. The Bertz CT molecular complexity index is 564. The van der Waals surface area contributed by atoms with Gasteiger partial charge in [-0.1, -0.05) is 29.8 Å². The van der Waals surface area contributed by atoms with Crippen molar-refractivity contribution in [1.82, 2.24) is 0 Å². The maximum atomic E-state index is 12.4. The van der Waals surface area contributed by atoms with Gasteiger partial charge >= 0.3 is 0 Å². The smallest absolute Gasteiger partial charge is 0.240 e. The monoisotopic (exact) mass is 257 g/mol. The Balaban J connectivity index is 2.00. The molecule has 0 spiro atoms. The zero-order valence-corrected chi connectivity index (χ0v) is 10.6. The van der Waals surface area contributed by atoms with Crippen LogP contribution in [0.4, 0.5) is 5.69 Å². The lowest BCUT2D eigenvalue weighted by molar-refractivity contribution is -0.123. The Kier molecular flexibility index (Phi) is 2.75. The number of aliphatic hydroxyl groups excluding tert-OH is 1. The van der Waals surface area contributed by atoms with Gasteiger partial charge in [0, 0.05) is 0 Å². The van der Waals surface area contributed by atoms with Crippen molar-refractivity contribution in [2.45, 2.75) is 19.4 Å². The first-order valence-corrected chi connectivity index (χ1v) is 6.38. The van der Waals surface area contributed by atoms with E-state index in [0.29, 0.717) is 12.1 Å². The second kappa shape index (κ2) is 4.31. The van der Waals surface area contributed by atoms with E-state index in [1.54, 1.807) is 30.3 Å². The van der Waals surface area contributed by atoms with Gasteiger partial charge in [0.1, 0.15) is 0 Å². The van der Waals surface area contributed by atoms with Crippen LogP contribution in [0.2, 0.25) is 0 Å². The van der Waals surface area contributed by atoms with Gasteiger partial charge in [-0.05, 0) is 25.5 Å². The summed E-state index contributed by atoms with van der Waals surface area (Å²) in [5.74, 6) is -1.55. The maximum Gasteiger partial charge on any atom is 0.240 e. The number of benzene rings is 1. The molecule has 3 unspecified atom stereocenters. The van der Waals surface area contributed by atoms with Gasteiger partial charge < -0.3 is 5.11 Å². The third-order valence-electron chi connectivity index (χ3n) is 3.86. The summed E-state index contributed by atoms with van der Waals surface area (Å²) < 4.78 is 0. The van der Waals surface area contributed by atoms with Crippen molar-refractivity contribution in [3.8, 4) is 0 Å². The molecule has 4 nitrogen and oxygen atoms in total. The minimum Gasteiger partial charge on any atom is -0.388 e. The number of imide groups is 1. The number of allylic oxidation sites excluding steroid dienone is 1. The van der Waals surface area contributed by atoms with Crippen LogP contribution in [0.5, 0.6) is 0 Å². The predicted octanol–water partition coefficient (Wildman–Crippen LogP) is 1.50. The van der Waals surface area contributed by atoms with Gasteiger partial charge in [-0.2, -0.15) is 0 Å². The topological polar surface area (TPSA) is 57.6 Å². The molecule has 1 aromatic carbocycles. The molecule has 2 aliphatic rings. The number of rotatable bonds is 1. The van der Waals surface area contributed by atoms with E-state index in [1.165, 1.54) is 4.90 Å². The molecule has 1 saturated heterocycles.